The number of rotatable bonds is 3. The van der Waals surface area contributed by atoms with Crippen molar-refractivity contribution in [1.82, 2.24) is 25.1 Å². The van der Waals surface area contributed by atoms with Crippen molar-refractivity contribution in [3.63, 3.8) is 0 Å². The Labute approximate surface area is 153 Å². The lowest BCUT2D eigenvalue weighted by atomic mass is 9.91. The van der Waals surface area contributed by atoms with E-state index in [2.05, 4.69) is 36.0 Å². The van der Waals surface area contributed by atoms with Crippen molar-refractivity contribution in [1.29, 1.82) is 0 Å². The number of aromatic nitrogens is 4. The lowest BCUT2D eigenvalue weighted by Gasteiger charge is -2.39. The maximum Gasteiger partial charge on any atom is 0.226 e. The van der Waals surface area contributed by atoms with Crippen molar-refractivity contribution in [2.45, 2.75) is 45.1 Å². The number of amides is 1. The quantitative estimate of drug-likeness (QED) is 0.916. The van der Waals surface area contributed by atoms with Gasteiger partial charge in [-0.25, -0.2) is 4.98 Å². The van der Waals surface area contributed by atoms with E-state index in [0.29, 0.717) is 5.91 Å². The maximum atomic E-state index is 13.2. The minimum Gasteiger partial charge on any atom is -0.355 e. The van der Waals surface area contributed by atoms with Gasteiger partial charge in [-0.3, -0.25) is 14.9 Å². The maximum absolute atomic E-state index is 13.2. The number of nitrogens with zero attached hydrogens (tertiary/aromatic N) is 5. The van der Waals surface area contributed by atoms with Crippen molar-refractivity contribution in [2.75, 3.05) is 24.5 Å². The number of aromatic amines is 1. The lowest BCUT2D eigenvalue weighted by molar-refractivity contribution is -0.140. The number of anilines is 1. The summed E-state index contributed by atoms with van der Waals surface area (Å²) < 4.78 is 0. The summed E-state index contributed by atoms with van der Waals surface area (Å²) in [6.07, 6.45) is 10.2. The van der Waals surface area contributed by atoms with Crippen LogP contribution in [0, 0.1) is 12.8 Å². The molecule has 7 nitrogen and oxygen atoms in total. The van der Waals surface area contributed by atoms with Gasteiger partial charge in [0.15, 0.2) is 0 Å². The average Bonchev–Trinajstić information content (AvgIpc) is 3.14. The second-order valence-corrected chi connectivity index (χ2v) is 7.34. The van der Waals surface area contributed by atoms with E-state index in [1.165, 1.54) is 0 Å². The van der Waals surface area contributed by atoms with Crippen LogP contribution >= 0.6 is 0 Å². The Balaban J connectivity index is 1.42. The number of hydrogen-bond donors (Lipinski definition) is 1. The number of carbonyl (C=O) groups is 1. The molecule has 7 heteroatoms. The number of hydrogen-bond acceptors (Lipinski definition) is 5. The molecule has 0 spiro atoms. The summed E-state index contributed by atoms with van der Waals surface area (Å²) in [4.78, 5) is 26.1. The third-order valence-electron chi connectivity index (χ3n) is 5.57. The molecule has 0 radical (unpaired) electrons. The Morgan fingerprint density at radius 2 is 2.00 bits per heavy atom. The molecule has 0 aliphatic carbocycles. The van der Waals surface area contributed by atoms with Crippen LogP contribution in [0.25, 0.3) is 0 Å². The Bertz CT molecular complexity index is 737. The van der Waals surface area contributed by atoms with Crippen LogP contribution in [0.4, 0.5) is 5.82 Å². The zero-order valence-electron chi connectivity index (χ0n) is 15.3. The van der Waals surface area contributed by atoms with Gasteiger partial charge in [0.05, 0.1) is 17.9 Å². The molecule has 4 rings (SSSR count). The molecular weight excluding hydrogens is 328 g/mol. The molecule has 4 heterocycles. The zero-order valence-corrected chi connectivity index (χ0v) is 15.3. The normalized spacial score (nSPS) is 21.8. The molecule has 1 atom stereocenters. The Morgan fingerprint density at radius 1 is 1.15 bits per heavy atom. The number of nitrogens with one attached hydrogen (secondary N) is 1. The predicted octanol–water partition coefficient (Wildman–Crippen LogP) is 2.48. The van der Waals surface area contributed by atoms with Gasteiger partial charge in [0.2, 0.25) is 5.91 Å². The molecule has 2 aromatic heterocycles. The first-order valence-corrected chi connectivity index (χ1v) is 9.56. The van der Waals surface area contributed by atoms with Gasteiger partial charge in [0, 0.05) is 43.6 Å². The molecule has 0 saturated carbocycles. The first-order valence-electron chi connectivity index (χ1n) is 9.56. The van der Waals surface area contributed by atoms with Gasteiger partial charge in [-0.15, -0.1) is 0 Å². The van der Waals surface area contributed by atoms with Gasteiger partial charge in [-0.05, 0) is 45.1 Å². The van der Waals surface area contributed by atoms with E-state index in [1.807, 2.05) is 6.92 Å². The molecule has 2 aliphatic rings. The standard InChI is InChI=1S/C19H26N6O/c1-14-12-16(23-22-14)17-4-2-3-9-25(17)19(26)15-5-10-24(11-6-15)18-13-20-7-8-21-18/h7-8,12-13,15,17H,2-6,9-11H2,1H3,(H,22,23). The van der Waals surface area contributed by atoms with Gasteiger partial charge < -0.3 is 9.80 Å². The molecule has 2 aromatic rings. The van der Waals surface area contributed by atoms with Gasteiger partial charge in [0.25, 0.3) is 0 Å². The van der Waals surface area contributed by atoms with E-state index in [-0.39, 0.29) is 12.0 Å². The summed E-state index contributed by atoms with van der Waals surface area (Å²) in [5.41, 5.74) is 2.06. The largest absolute Gasteiger partial charge is 0.355 e. The summed E-state index contributed by atoms with van der Waals surface area (Å²) in [7, 11) is 0. The van der Waals surface area contributed by atoms with Crippen LogP contribution in [-0.2, 0) is 4.79 Å². The van der Waals surface area contributed by atoms with Crippen molar-refractivity contribution < 1.29 is 4.79 Å². The van der Waals surface area contributed by atoms with Crippen molar-refractivity contribution >= 4 is 11.7 Å². The first kappa shape index (κ1) is 17.0. The van der Waals surface area contributed by atoms with E-state index in [9.17, 15) is 4.79 Å². The Morgan fingerprint density at radius 3 is 2.69 bits per heavy atom. The van der Waals surface area contributed by atoms with E-state index in [1.54, 1.807) is 18.6 Å². The fourth-order valence-electron chi connectivity index (χ4n) is 4.16. The SMILES string of the molecule is Cc1cc(C2CCCCN2C(=O)C2CCN(c3cnccn3)CC2)n[nH]1. The van der Waals surface area contributed by atoms with E-state index in [4.69, 9.17) is 0 Å². The minimum absolute atomic E-state index is 0.101. The number of H-pyrrole nitrogens is 1. The van der Waals surface area contributed by atoms with Crippen LogP contribution in [0.5, 0.6) is 0 Å². The first-order chi connectivity index (χ1) is 12.7. The van der Waals surface area contributed by atoms with Crippen LogP contribution < -0.4 is 4.90 Å². The predicted molar refractivity (Wildman–Crippen MR) is 98.6 cm³/mol. The van der Waals surface area contributed by atoms with Crippen molar-refractivity contribution in [3.05, 3.63) is 36.0 Å². The highest BCUT2D eigenvalue weighted by Crippen LogP contribution is 2.33. The molecule has 1 N–H and O–H groups in total. The molecule has 2 aliphatic heterocycles. The molecule has 2 fully saturated rings. The highest BCUT2D eigenvalue weighted by molar-refractivity contribution is 5.79. The fraction of sp³-hybridized carbons (Fsp3) is 0.579. The fourth-order valence-corrected chi connectivity index (χ4v) is 4.16. The monoisotopic (exact) mass is 354 g/mol. The molecule has 0 bridgehead atoms. The highest BCUT2D eigenvalue weighted by Gasteiger charge is 2.35. The van der Waals surface area contributed by atoms with Gasteiger partial charge in [0.1, 0.15) is 5.82 Å². The van der Waals surface area contributed by atoms with Gasteiger partial charge >= 0.3 is 0 Å². The minimum atomic E-state index is 0.101. The van der Waals surface area contributed by atoms with Crippen LogP contribution in [0.3, 0.4) is 0 Å². The second-order valence-electron chi connectivity index (χ2n) is 7.34. The van der Waals surface area contributed by atoms with Crippen molar-refractivity contribution in [3.8, 4) is 0 Å². The van der Waals surface area contributed by atoms with Crippen LogP contribution in [0.2, 0.25) is 0 Å². The topological polar surface area (TPSA) is 78.0 Å². The van der Waals surface area contributed by atoms with E-state index >= 15 is 0 Å². The summed E-state index contributed by atoms with van der Waals surface area (Å²) in [6.45, 7) is 4.57. The third kappa shape index (κ3) is 3.43. The van der Waals surface area contributed by atoms with Gasteiger partial charge in [-0.1, -0.05) is 0 Å². The van der Waals surface area contributed by atoms with Crippen LogP contribution in [-0.4, -0.2) is 50.6 Å². The molecule has 2 saturated heterocycles. The molecule has 26 heavy (non-hydrogen) atoms. The Kier molecular flexibility index (Phi) is 4.86. The van der Waals surface area contributed by atoms with E-state index < -0.39 is 0 Å². The molecule has 138 valence electrons. The summed E-state index contributed by atoms with van der Waals surface area (Å²) >= 11 is 0. The average molecular weight is 354 g/mol. The third-order valence-corrected chi connectivity index (χ3v) is 5.57. The number of likely N-dealkylation sites (tertiary alicyclic amines) is 1. The summed E-state index contributed by atoms with van der Waals surface area (Å²) in [5, 5.41) is 7.45. The highest BCUT2D eigenvalue weighted by atomic mass is 16.2. The molecule has 1 unspecified atom stereocenters. The van der Waals surface area contributed by atoms with Crippen LogP contribution in [0.15, 0.2) is 24.7 Å². The Hall–Kier alpha value is -2.44. The zero-order chi connectivity index (χ0) is 17.9. The molecule has 1 amide bonds. The smallest absolute Gasteiger partial charge is 0.226 e. The van der Waals surface area contributed by atoms with Crippen molar-refractivity contribution in [2.24, 2.45) is 5.92 Å². The summed E-state index contributed by atoms with van der Waals surface area (Å²) in [5.74, 6) is 1.30. The van der Waals surface area contributed by atoms with E-state index in [0.717, 1.165) is 68.9 Å². The molecular formula is C19H26N6O. The second kappa shape index (κ2) is 7.43. The van der Waals surface area contributed by atoms with Gasteiger partial charge in [-0.2, -0.15) is 5.10 Å². The lowest BCUT2D eigenvalue weighted by Crippen LogP contribution is -2.45. The summed E-state index contributed by atoms with van der Waals surface area (Å²) in [6, 6.07) is 2.20. The molecule has 0 aromatic carbocycles. The number of piperidine rings is 2. The van der Waals surface area contributed by atoms with Crippen LogP contribution in [0.1, 0.15) is 49.5 Å². The number of carbonyl (C=O) groups excluding carboxylic acids is 1. The number of aryl methyl sites for hydroxylation is 1.